The fourth-order valence-electron chi connectivity index (χ4n) is 3.01. The van der Waals surface area contributed by atoms with Crippen LogP contribution < -0.4 is 0 Å². The standard InChI is InChI=1S/C16H30N4O5S/c1-17(2)5-3-15(21)18-6-8-19(9-7-18)16(22)4-14-26(23,24)20-10-12-25-13-11-20/h3-14H2,1-2H3. The van der Waals surface area contributed by atoms with E-state index in [1.165, 1.54) is 4.31 Å². The number of carbonyl (C=O) groups is 2. The van der Waals surface area contributed by atoms with Crippen molar-refractivity contribution in [1.29, 1.82) is 0 Å². The lowest BCUT2D eigenvalue weighted by molar-refractivity contribution is -0.139. The van der Waals surface area contributed by atoms with Gasteiger partial charge >= 0.3 is 0 Å². The monoisotopic (exact) mass is 390 g/mol. The molecule has 2 heterocycles. The summed E-state index contributed by atoms with van der Waals surface area (Å²) in [5.41, 5.74) is 0. The van der Waals surface area contributed by atoms with Crippen molar-refractivity contribution in [3.63, 3.8) is 0 Å². The van der Waals surface area contributed by atoms with E-state index >= 15 is 0 Å². The Hall–Kier alpha value is -1.23. The molecule has 2 saturated heterocycles. The molecular weight excluding hydrogens is 360 g/mol. The Labute approximate surface area is 155 Å². The van der Waals surface area contributed by atoms with Crippen LogP contribution in [0.15, 0.2) is 0 Å². The number of rotatable bonds is 7. The van der Waals surface area contributed by atoms with Crippen LogP contribution >= 0.6 is 0 Å². The Morgan fingerprint density at radius 2 is 1.38 bits per heavy atom. The predicted molar refractivity (Wildman–Crippen MR) is 97.1 cm³/mol. The molecule has 2 fully saturated rings. The zero-order valence-corrected chi connectivity index (χ0v) is 16.5. The van der Waals surface area contributed by atoms with Crippen LogP contribution in [0.5, 0.6) is 0 Å². The third-order valence-electron chi connectivity index (χ3n) is 4.70. The van der Waals surface area contributed by atoms with Gasteiger partial charge in [-0.3, -0.25) is 9.59 Å². The molecule has 26 heavy (non-hydrogen) atoms. The molecule has 2 amide bonds. The highest BCUT2D eigenvalue weighted by atomic mass is 32.2. The van der Waals surface area contributed by atoms with Crippen LogP contribution in [-0.4, -0.2) is 118 Å². The molecule has 0 bridgehead atoms. The number of carbonyl (C=O) groups excluding carboxylic acids is 2. The van der Waals surface area contributed by atoms with E-state index in [-0.39, 0.29) is 24.0 Å². The Morgan fingerprint density at radius 3 is 1.88 bits per heavy atom. The minimum Gasteiger partial charge on any atom is -0.379 e. The minimum absolute atomic E-state index is 0.0196. The van der Waals surface area contributed by atoms with Crippen molar-refractivity contribution in [2.24, 2.45) is 0 Å². The van der Waals surface area contributed by atoms with Crippen molar-refractivity contribution in [2.45, 2.75) is 12.8 Å². The first-order valence-corrected chi connectivity index (χ1v) is 10.7. The second-order valence-electron chi connectivity index (χ2n) is 6.89. The second kappa shape index (κ2) is 9.63. The zero-order chi connectivity index (χ0) is 19.2. The Morgan fingerprint density at radius 1 is 0.885 bits per heavy atom. The average molecular weight is 391 g/mol. The predicted octanol–water partition coefficient (Wildman–Crippen LogP) is -1.34. The fourth-order valence-corrected chi connectivity index (χ4v) is 4.41. The summed E-state index contributed by atoms with van der Waals surface area (Å²) in [5, 5.41) is 0. The Balaban J connectivity index is 1.73. The molecule has 2 aliphatic heterocycles. The normalized spacial score (nSPS) is 19.8. The lowest BCUT2D eigenvalue weighted by Gasteiger charge is -2.35. The van der Waals surface area contributed by atoms with E-state index in [2.05, 4.69) is 0 Å². The molecule has 2 rings (SSSR count). The average Bonchev–Trinajstić information content (AvgIpc) is 2.65. The van der Waals surface area contributed by atoms with Crippen molar-refractivity contribution in [3.8, 4) is 0 Å². The van der Waals surface area contributed by atoms with Crippen LogP contribution in [0, 0.1) is 0 Å². The lowest BCUT2D eigenvalue weighted by atomic mass is 10.2. The molecule has 0 aromatic rings. The number of ether oxygens (including phenoxy) is 1. The number of hydrogen-bond donors (Lipinski definition) is 0. The highest BCUT2D eigenvalue weighted by molar-refractivity contribution is 7.89. The van der Waals surface area contributed by atoms with E-state index in [9.17, 15) is 18.0 Å². The molecule has 0 saturated carbocycles. The van der Waals surface area contributed by atoms with E-state index in [0.717, 1.165) is 0 Å². The largest absolute Gasteiger partial charge is 0.379 e. The minimum atomic E-state index is -3.42. The Kier molecular flexibility index (Phi) is 7.81. The third kappa shape index (κ3) is 6.19. The van der Waals surface area contributed by atoms with Crippen molar-refractivity contribution in [1.82, 2.24) is 19.0 Å². The van der Waals surface area contributed by atoms with Gasteiger partial charge in [0.05, 0.1) is 19.0 Å². The summed E-state index contributed by atoms with van der Waals surface area (Å²) in [6.07, 6.45) is 0.451. The number of sulfonamides is 1. The van der Waals surface area contributed by atoms with Crippen molar-refractivity contribution >= 4 is 21.8 Å². The molecule has 0 unspecified atom stereocenters. The van der Waals surface area contributed by atoms with Gasteiger partial charge in [-0.2, -0.15) is 4.31 Å². The molecule has 0 atom stereocenters. The van der Waals surface area contributed by atoms with E-state index in [1.54, 1.807) is 9.80 Å². The summed E-state index contributed by atoms with van der Waals surface area (Å²) in [6, 6.07) is 0. The van der Waals surface area contributed by atoms with Gasteiger partial charge in [-0.05, 0) is 14.1 Å². The SMILES string of the molecule is CN(C)CCC(=O)N1CCN(C(=O)CCS(=O)(=O)N2CCOCC2)CC1. The van der Waals surface area contributed by atoms with Crippen LogP contribution in [0.25, 0.3) is 0 Å². The first-order chi connectivity index (χ1) is 12.3. The van der Waals surface area contributed by atoms with Crippen molar-refractivity contribution in [3.05, 3.63) is 0 Å². The van der Waals surface area contributed by atoms with Crippen LogP contribution in [0.3, 0.4) is 0 Å². The molecule has 0 spiro atoms. The topological polar surface area (TPSA) is 90.5 Å². The molecule has 2 aliphatic rings. The molecular formula is C16H30N4O5S. The van der Waals surface area contributed by atoms with E-state index < -0.39 is 10.0 Å². The van der Waals surface area contributed by atoms with Gasteiger partial charge in [0, 0.05) is 58.7 Å². The quantitative estimate of drug-likeness (QED) is 0.535. The van der Waals surface area contributed by atoms with E-state index in [4.69, 9.17) is 4.74 Å². The molecule has 9 nitrogen and oxygen atoms in total. The molecule has 0 radical (unpaired) electrons. The summed E-state index contributed by atoms with van der Waals surface area (Å²) in [7, 11) is 0.431. The van der Waals surface area contributed by atoms with Crippen LogP contribution in [0.1, 0.15) is 12.8 Å². The summed E-state index contributed by atoms with van der Waals surface area (Å²) in [4.78, 5) is 29.8. The van der Waals surface area contributed by atoms with Gasteiger partial charge in [-0.25, -0.2) is 8.42 Å². The lowest BCUT2D eigenvalue weighted by Crippen LogP contribution is -2.51. The number of morpholine rings is 1. The van der Waals surface area contributed by atoms with Gasteiger partial charge in [-0.15, -0.1) is 0 Å². The molecule has 0 aromatic heterocycles. The van der Waals surface area contributed by atoms with Gasteiger partial charge in [0.15, 0.2) is 0 Å². The fraction of sp³-hybridized carbons (Fsp3) is 0.875. The van der Waals surface area contributed by atoms with Crippen LogP contribution in [-0.2, 0) is 24.3 Å². The smallest absolute Gasteiger partial charge is 0.223 e. The number of hydrogen-bond acceptors (Lipinski definition) is 6. The maximum atomic E-state index is 12.3. The molecule has 150 valence electrons. The summed E-state index contributed by atoms with van der Waals surface area (Å²) in [6.45, 7) is 4.15. The summed E-state index contributed by atoms with van der Waals surface area (Å²) in [5.74, 6) is -0.240. The highest BCUT2D eigenvalue weighted by Gasteiger charge is 2.28. The van der Waals surface area contributed by atoms with Gasteiger partial charge in [0.2, 0.25) is 21.8 Å². The maximum absolute atomic E-state index is 12.3. The number of amides is 2. The van der Waals surface area contributed by atoms with E-state index in [1.807, 2.05) is 19.0 Å². The van der Waals surface area contributed by atoms with Gasteiger partial charge < -0.3 is 19.4 Å². The van der Waals surface area contributed by atoms with Crippen molar-refractivity contribution in [2.75, 3.05) is 78.9 Å². The molecule has 0 aliphatic carbocycles. The molecule has 10 heteroatoms. The Bertz CT molecular complexity index is 581. The van der Waals surface area contributed by atoms with Gasteiger partial charge in [-0.1, -0.05) is 0 Å². The van der Waals surface area contributed by atoms with E-state index in [0.29, 0.717) is 65.4 Å². The third-order valence-corrected chi connectivity index (χ3v) is 6.57. The van der Waals surface area contributed by atoms with Crippen LogP contribution in [0.4, 0.5) is 0 Å². The number of piperazine rings is 1. The van der Waals surface area contributed by atoms with Crippen LogP contribution in [0.2, 0.25) is 0 Å². The first-order valence-electron chi connectivity index (χ1n) is 9.05. The highest BCUT2D eigenvalue weighted by Crippen LogP contribution is 2.10. The number of nitrogens with zero attached hydrogens (tertiary/aromatic N) is 4. The molecule has 0 aromatic carbocycles. The zero-order valence-electron chi connectivity index (χ0n) is 15.7. The second-order valence-corrected chi connectivity index (χ2v) is 8.98. The van der Waals surface area contributed by atoms with Gasteiger partial charge in [0.25, 0.3) is 0 Å². The van der Waals surface area contributed by atoms with Gasteiger partial charge in [0.1, 0.15) is 0 Å². The first kappa shape index (κ1) is 21.1. The summed E-state index contributed by atoms with van der Waals surface area (Å²) >= 11 is 0. The summed E-state index contributed by atoms with van der Waals surface area (Å²) < 4.78 is 31.1. The molecule has 0 N–H and O–H groups in total. The van der Waals surface area contributed by atoms with Crippen molar-refractivity contribution < 1.29 is 22.7 Å². The maximum Gasteiger partial charge on any atom is 0.223 e.